The van der Waals surface area contributed by atoms with Crippen molar-refractivity contribution >= 4 is 21.6 Å². The van der Waals surface area contributed by atoms with Crippen molar-refractivity contribution in [3.05, 3.63) is 35.8 Å². The molecule has 3 aromatic heterocycles. The molecule has 0 spiro atoms. The van der Waals surface area contributed by atoms with Gasteiger partial charge in [0, 0.05) is 17.5 Å². The summed E-state index contributed by atoms with van der Waals surface area (Å²) in [7, 11) is 0. The van der Waals surface area contributed by atoms with Crippen molar-refractivity contribution in [2.24, 2.45) is 0 Å². The van der Waals surface area contributed by atoms with Gasteiger partial charge in [0.1, 0.15) is 0 Å². The number of fused-ring (bicyclic) bond motifs is 1. The molecule has 13 heteroatoms. The number of aromatic nitrogens is 5. The summed E-state index contributed by atoms with van der Waals surface area (Å²) in [6.07, 6.45) is -4.79. The maximum absolute atomic E-state index is 14.2. The predicted molar refractivity (Wildman–Crippen MR) is 87.7 cm³/mol. The van der Waals surface area contributed by atoms with Crippen LogP contribution in [0.1, 0.15) is 18.4 Å². The van der Waals surface area contributed by atoms with Gasteiger partial charge in [0.2, 0.25) is 5.82 Å². The molecule has 3 heterocycles. The minimum absolute atomic E-state index is 0.0303. The van der Waals surface area contributed by atoms with Crippen molar-refractivity contribution < 1.29 is 31.1 Å². The van der Waals surface area contributed by atoms with E-state index in [1.165, 1.54) is 6.92 Å². The minimum atomic E-state index is -4.69. The number of pyridine rings is 1. The van der Waals surface area contributed by atoms with E-state index in [4.69, 9.17) is 0 Å². The molecule has 0 unspecified atom stereocenters. The average molecular weight is 470 g/mol. The van der Waals surface area contributed by atoms with Gasteiger partial charge >= 0.3 is 11.0 Å². The second-order valence-corrected chi connectivity index (χ2v) is 6.72. The van der Waals surface area contributed by atoms with Crippen molar-refractivity contribution in [2.45, 2.75) is 31.0 Å². The smallest absolute Gasteiger partial charge is 0.425 e. The molecule has 0 radical (unpaired) electrons. The molecule has 1 atom stereocenters. The zero-order chi connectivity index (χ0) is 20.9. The zero-order valence-corrected chi connectivity index (χ0v) is 15.7. The lowest BCUT2D eigenvalue weighted by Gasteiger charge is -2.17. The molecule has 0 aromatic carbocycles. The molecule has 3 rings (SSSR count). The molecule has 0 saturated heterocycles. The third kappa shape index (κ3) is 3.75. The number of ether oxygens (including phenoxy) is 1. The van der Waals surface area contributed by atoms with Gasteiger partial charge < -0.3 is 4.74 Å². The van der Waals surface area contributed by atoms with E-state index in [0.717, 1.165) is 22.9 Å². The van der Waals surface area contributed by atoms with Gasteiger partial charge in [0.25, 0.3) is 5.88 Å². The van der Waals surface area contributed by atoms with Crippen LogP contribution in [-0.2, 0) is 4.83 Å². The van der Waals surface area contributed by atoms with Crippen molar-refractivity contribution in [1.29, 1.82) is 0 Å². The Hall–Kier alpha value is -2.44. The number of alkyl halides is 6. The Morgan fingerprint density at radius 3 is 2.36 bits per heavy atom. The van der Waals surface area contributed by atoms with Crippen LogP contribution in [0.2, 0.25) is 0 Å². The minimum Gasteiger partial charge on any atom is -0.463 e. The van der Waals surface area contributed by atoms with E-state index in [9.17, 15) is 26.3 Å². The van der Waals surface area contributed by atoms with Gasteiger partial charge in [-0.05, 0) is 35.8 Å². The van der Waals surface area contributed by atoms with Gasteiger partial charge in [0.05, 0.1) is 11.9 Å². The van der Waals surface area contributed by atoms with Crippen LogP contribution in [0.25, 0.3) is 16.9 Å². The van der Waals surface area contributed by atoms with Crippen LogP contribution in [-0.4, -0.2) is 36.8 Å². The van der Waals surface area contributed by atoms with E-state index >= 15 is 0 Å². The number of hydrogen-bond donors (Lipinski definition) is 0. The third-order valence-corrected chi connectivity index (χ3v) is 4.11. The normalized spacial score (nSPS) is 13.8. The molecule has 0 aliphatic rings. The second kappa shape index (κ2) is 6.87. The number of aryl methyl sites for hydroxylation is 1. The summed E-state index contributed by atoms with van der Waals surface area (Å²) < 4.78 is 84.7. The highest BCUT2D eigenvalue weighted by Crippen LogP contribution is 2.35. The van der Waals surface area contributed by atoms with Crippen LogP contribution in [0, 0.1) is 12.7 Å². The molecule has 0 saturated carbocycles. The molecular formula is C15H10BrF6N5O. The van der Waals surface area contributed by atoms with Gasteiger partial charge in [-0.25, -0.2) is 9.37 Å². The summed E-state index contributed by atoms with van der Waals surface area (Å²) in [4.78, 5) is 4.10. The third-order valence-electron chi connectivity index (χ3n) is 3.76. The lowest BCUT2D eigenvalue weighted by Crippen LogP contribution is -2.31. The average Bonchev–Trinajstić information content (AvgIpc) is 3.01. The molecule has 0 N–H and O–H groups in total. The van der Waals surface area contributed by atoms with Crippen molar-refractivity contribution in [3.63, 3.8) is 0 Å². The highest BCUT2D eigenvalue weighted by atomic mass is 79.9. The van der Waals surface area contributed by atoms with E-state index < -0.39 is 34.6 Å². The summed E-state index contributed by atoms with van der Waals surface area (Å²) in [5.74, 6) is -2.72. The lowest BCUT2D eigenvalue weighted by molar-refractivity contribution is -0.190. The first kappa shape index (κ1) is 20.3. The molecule has 0 fully saturated rings. The summed E-state index contributed by atoms with van der Waals surface area (Å²) >= 11 is 2.20. The van der Waals surface area contributed by atoms with Crippen molar-refractivity contribution in [1.82, 2.24) is 24.6 Å². The van der Waals surface area contributed by atoms with Crippen LogP contribution in [0.3, 0.4) is 0 Å². The standard InChI is InChI=1S/C15H10BrF6N5O/c1-6-11(23-5-10-25-26-13(27(6)10)14(16,18)19)8-3-9(17)12(24-4-8)28-7(2)15(20,21)22/h3-5,7H,1-2H3/t7-/m0/s1. The quantitative estimate of drug-likeness (QED) is 0.418. The van der Waals surface area contributed by atoms with Crippen LogP contribution in [0.4, 0.5) is 26.3 Å². The van der Waals surface area contributed by atoms with Crippen LogP contribution < -0.4 is 4.74 Å². The van der Waals surface area contributed by atoms with Gasteiger partial charge in [-0.15, -0.1) is 10.2 Å². The van der Waals surface area contributed by atoms with Crippen molar-refractivity contribution in [3.8, 4) is 17.1 Å². The van der Waals surface area contributed by atoms with Crippen LogP contribution >= 0.6 is 15.9 Å². The van der Waals surface area contributed by atoms with Crippen LogP contribution in [0.15, 0.2) is 18.5 Å². The first-order valence-electron chi connectivity index (χ1n) is 7.57. The summed E-state index contributed by atoms with van der Waals surface area (Å²) in [6.45, 7) is 2.14. The molecule has 6 nitrogen and oxygen atoms in total. The fourth-order valence-electron chi connectivity index (χ4n) is 2.38. The molecule has 0 amide bonds. The summed E-state index contributed by atoms with van der Waals surface area (Å²) in [6, 6.07) is 0.850. The predicted octanol–water partition coefficient (Wildman–Crippen LogP) is 4.41. The fraction of sp³-hybridized carbons (Fsp3) is 0.333. The Balaban J connectivity index is 2.04. The molecule has 0 aliphatic carbocycles. The largest absolute Gasteiger partial charge is 0.463 e. The summed E-state index contributed by atoms with van der Waals surface area (Å²) in [5, 5.41) is 7.00. The van der Waals surface area contributed by atoms with Crippen LogP contribution in [0.5, 0.6) is 5.88 Å². The van der Waals surface area contributed by atoms with E-state index in [2.05, 4.69) is 40.8 Å². The van der Waals surface area contributed by atoms with Gasteiger partial charge in [0.15, 0.2) is 17.6 Å². The maximum Gasteiger partial charge on any atom is 0.425 e. The monoisotopic (exact) mass is 469 g/mol. The SMILES string of the molecule is Cc1c(-c2cnc(O[C@@H](C)C(F)(F)F)c(F)c2)ncc2nnc(C(F)(F)Br)n12. The lowest BCUT2D eigenvalue weighted by atomic mass is 10.1. The number of rotatable bonds is 4. The van der Waals surface area contributed by atoms with Gasteiger partial charge in [-0.1, -0.05) is 0 Å². The first-order valence-corrected chi connectivity index (χ1v) is 8.36. The zero-order valence-electron chi connectivity index (χ0n) is 14.1. The van der Waals surface area contributed by atoms with E-state index in [-0.39, 0.29) is 22.6 Å². The molecule has 0 bridgehead atoms. The van der Waals surface area contributed by atoms with E-state index in [1.54, 1.807) is 0 Å². The van der Waals surface area contributed by atoms with E-state index in [0.29, 0.717) is 6.92 Å². The summed E-state index contributed by atoms with van der Waals surface area (Å²) in [5.41, 5.74) is 0.284. The Kier molecular flexibility index (Phi) is 4.98. The van der Waals surface area contributed by atoms with Gasteiger partial charge in [-0.3, -0.25) is 9.38 Å². The number of halogens is 7. The molecular weight excluding hydrogens is 460 g/mol. The Labute approximate surface area is 161 Å². The highest BCUT2D eigenvalue weighted by molar-refractivity contribution is 9.09. The molecule has 0 aliphatic heterocycles. The Morgan fingerprint density at radius 2 is 1.79 bits per heavy atom. The second-order valence-electron chi connectivity index (χ2n) is 5.72. The first-order chi connectivity index (χ1) is 12.9. The highest BCUT2D eigenvalue weighted by Gasteiger charge is 2.39. The Morgan fingerprint density at radius 1 is 1.11 bits per heavy atom. The van der Waals surface area contributed by atoms with E-state index in [1.807, 2.05) is 0 Å². The molecule has 28 heavy (non-hydrogen) atoms. The number of hydrogen-bond acceptors (Lipinski definition) is 5. The van der Waals surface area contributed by atoms with Gasteiger partial charge in [-0.2, -0.15) is 22.0 Å². The molecule has 3 aromatic rings. The molecule has 150 valence electrons. The topological polar surface area (TPSA) is 65.2 Å². The number of nitrogens with zero attached hydrogens (tertiary/aromatic N) is 5. The van der Waals surface area contributed by atoms with Crippen molar-refractivity contribution in [2.75, 3.05) is 0 Å². The Bertz CT molecular complexity index is 1030. The fourth-order valence-corrected chi connectivity index (χ4v) is 2.63. The maximum atomic E-state index is 14.2.